The summed E-state index contributed by atoms with van der Waals surface area (Å²) in [7, 11) is -0.0488. The monoisotopic (exact) mass is 917 g/mol. The highest BCUT2D eigenvalue weighted by Crippen LogP contribution is 2.40. The first-order valence-electron chi connectivity index (χ1n) is 18.1. The largest absolute Gasteiger partial charge is 0.670 e. The van der Waals surface area contributed by atoms with Crippen molar-refractivity contribution in [3.05, 3.63) is 86.8 Å². The summed E-state index contributed by atoms with van der Waals surface area (Å²) in [6, 6.07) is 3.92. The summed E-state index contributed by atoms with van der Waals surface area (Å²) < 4.78 is 117. The Balaban J connectivity index is 0.000000493. The molecule has 1 saturated heterocycles. The van der Waals surface area contributed by atoms with Gasteiger partial charge in [-0.05, 0) is 75.3 Å². The Morgan fingerprint density at radius 1 is 0.935 bits per heavy atom. The normalized spacial score (nSPS) is 17.3. The van der Waals surface area contributed by atoms with Crippen molar-refractivity contribution in [1.29, 1.82) is 0 Å². The standard InChI is InChI=1S/C23H20F7N4O5P.2C6H12N2O3/c1-12(14-8-15(22(25,26)27)10-16(9-14)23(28,29)30)39-20-19(13-2-4-17(24)5-3-13)33(6-7-38-20)11-18-31-21(35)34(32-18)40(36)37;2*1-8-4(6(10)11)2-3-5(7)9/h2-5,8-10,12,19-20H,6-7,11H2,1H3,(H-,31,32,35,36,37);2*4,8H,2-3H2,1H3,(H2,7,9)(H,10,11)/p+1/t12-,19+,20-;2*4-/m111/s1. The molecular weight excluding hydrogens is 872 g/mol. The Labute approximate surface area is 348 Å². The summed E-state index contributed by atoms with van der Waals surface area (Å²) in [5.74, 6) is -3.48. The molecule has 1 aromatic heterocycles. The van der Waals surface area contributed by atoms with E-state index in [1.54, 1.807) is 4.90 Å². The Kier molecular flexibility index (Phi) is 20.2. The number of hydrogen-bond acceptors (Lipinski definition) is 12. The first-order valence-corrected chi connectivity index (χ1v) is 19.2. The zero-order valence-corrected chi connectivity index (χ0v) is 34.0. The number of carboxylic acids is 2. The van der Waals surface area contributed by atoms with Crippen LogP contribution in [-0.2, 0) is 52.1 Å². The second-order valence-corrected chi connectivity index (χ2v) is 14.1. The Morgan fingerprint density at radius 3 is 1.81 bits per heavy atom. The summed E-state index contributed by atoms with van der Waals surface area (Å²) in [5, 5.41) is 25.8. The van der Waals surface area contributed by atoms with Crippen LogP contribution in [0.25, 0.3) is 0 Å². The van der Waals surface area contributed by atoms with E-state index in [9.17, 15) is 64.2 Å². The SMILES string of the molecule is CN[C@H](CCC(N)=O)C(=O)O.CN[C@H](CCC(N)=O)C(=O)O.C[C@@H](O[C@H]1OCCN(Cc2nn([P+](=O)O)c(=O)[nH]2)[C@H]1c1ccc(F)cc1)c1cc(C(F)(F)F)cc(C(F)(F)F)c1. The van der Waals surface area contributed by atoms with Gasteiger partial charge < -0.3 is 41.8 Å². The fourth-order valence-corrected chi connectivity index (χ4v) is 5.98. The lowest BCUT2D eigenvalue weighted by Crippen LogP contribution is -2.46. The lowest BCUT2D eigenvalue weighted by atomic mass is 10.0. The number of benzene rings is 2. The van der Waals surface area contributed by atoms with E-state index in [0.29, 0.717) is 22.1 Å². The van der Waals surface area contributed by atoms with Gasteiger partial charge in [-0.25, -0.2) is 9.18 Å². The quantitative estimate of drug-likeness (QED) is 0.0714. The number of nitrogens with one attached hydrogen (secondary N) is 3. The van der Waals surface area contributed by atoms with E-state index in [2.05, 4.69) is 20.7 Å². The number of nitrogens with two attached hydrogens (primary N) is 2. The van der Waals surface area contributed by atoms with Crippen LogP contribution < -0.4 is 27.8 Å². The molecule has 2 aromatic carbocycles. The van der Waals surface area contributed by atoms with Gasteiger partial charge >= 0.3 is 38.2 Å². The molecule has 344 valence electrons. The van der Waals surface area contributed by atoms with Crippen LogP contribution in [0.1, 0.15) is 72.8 Å². The molecule has 10 N–H and O–H groups in total. The number of carboxylic acid groups (broad SMARTS) is 2. The van der Waals surface area contributed by atoms with Crippen LogP contribution in [0, 0.1) is 5.82 Å². The van der Waals surface area contributed by atoms with Crippen LogP contribution >= 0.6 is 8.18 Å². The molecule has 1 unspecified atom stereocenters. The van der Waals surface area contributed by atoms with Crippen LogP contribution in [0.4, 0.5) is 30.7 Å². The maximum Gasteiger partial charge on any atom is 0.670 e. The highest BCUT2D eigenvalue weighted by atomic mass is 31.1. The molecule has 1 aliphatic rings. The maximum atomic E-state index is 13.7. The molecule has 0 spiro atoms. The minimum atomic E-state index is -5.05. The minimum Gasteiger partial charge on any atom is -0.480 e. The van der Waals surface area contributed by atoms with Crippen LogP contribution in [0.2, 0.25) is 0 Å². The number of amides is 2. The number of morpholine rings is 1. The van der Waals surface area contributed by atoms with Crippen LogP contribution in [0.5, 0.6) is 0 Å². The Hall–Kier alpha value is -5.37. The van der Waals surface area contributed by atoms with E-state index in [1.807, 2.05) is 0 Å². The third-order valence-electron chi connectivity index (χ3n) is 8.76. The number of carbonyl (C=O) groups is 4. The van der Waals surface area contributed by atoms with Gasteiger partial charge in [-0.3, -0.25) is 29.1 Å². The molecular formula is C35H45F7N8O11P+. The maximum absolute atomic E-state index is 13.7. The van der Waals surface area contributed by atoms with Crippen molar-refractivity contribution < 1.29 is 79.1 Å². The zero-order chi connectivity index (χ0) is 47.1. The van der Waals surface area contributed by atoms with Gasteiger partial charge in [0.25, 0.3) is 0 Å². The lowest BCUT2D eigenvalue weighted by molar-refractivity contribution is -0.231. The predicted molar refractivity (Wildman–Crippen MR) is 201 cm³/mol. The number of halogens is 7. The molecule has 4 rings (SSSR count). The van der Waals surface area contributed by atoms with Gasteiger partial charge in [0.15, 0.2) is 6.29 Å². The van der Waals surface area contributed by atoms with Crippen molar-refractivity contribution in [3.63, 3.8) is 0 Å². The first kappa shape index (κ1) is 52.8. The average Bonchev–Trinajstić information content (AvgIpc) is 3.55. The number of H-pyrrole nitrogens is 1. The summed E-state index contributed by atoms with van der Waals surface area (Å²) in [6.07, 6.45) is -12.0. The van der Waals surface area contributed by atoms with Gasteiger partial charge in [0.05, 0.1) is 36.4 Å². The van der Waals surface area contributed by atoms with Crippen molar-refractivity contribution in [2.45, 2.75) is 82.0 Å². The average molecular weight is 918 g/mol. The highest BCUT2D eigenvalue weighted by Gasteiger charge is 2.40. The van der Waals surface area contributed by atoms with E-state index in [4.69, 9.17) is 31.2 Å². The van der Waals surface area contributed by atoms with Crippen molar-refractivity contribution in [1.82, 2.24) is 30.1 Å². The molecule has 1 aliphatic heterocycles. The third-order valence-corrected chi connectivity index (χ3v) is 9.35. The fraction of sp³-hybridized carbons (Fsp3) is 0.486. The van der Waals surface area contributed by atoms with Crippen LogP contribution in [0.3, 0.4) is 0 Å². The second kappa shape index (κ2) is 23.7. The number of carbonyl (C=O) groups excluding carboxylic acids is 2. The van der Waals surface area contributed by atoms with E-state index in [-0.39, 0.29) is 57.3 Å². The van der Waals surface area contributed by atoms with Crippen LogP contribution in [-0.4, -0.2) is 104 Å². The van der Waals surface area contributed by atoms with Crippen molar-refractivity contribution >= 4 is 31.9 Å². The van der Waals surface area contributed by atoms with Crippen LogP contribution in [0.15, 0.2) is 47.3 Å². The van der Waals surface area contributed by atoms with Gasteiger partial charge in [0, 0.05) is 28.4 Å². The first-order chi connectivity index (χ1) is 28.8. The number of nitrogens with zero attached hydrogens (tertiary/aromatic N) is 3. The zero-order valence-electron chi connectivity index (χ0n) is 33.1. The Morgan fingerprint density at radius 2 is 1.42 bits per heavy atom. The van der Waals surface area contributed by atoms with Crippen molar-refractivity contribution in [2.75, 3.05) is 27.2 Å². The van der Waals surface area contributed by atoms with E-state index in [1.165, 1.54) is 33.2 Å². The van der Waals surface area contributed by atoms with E-state index in [0.717, 1.165) is 12.1 Å². The van der Waals surface area contributed by atoms with Crippen molar-refractivity contribution in [2.24, 2.45) is 11.5 Å². The highest BCUT2D eigenvalue weighted by molar-refractivity contribution is 7.35. The topological polar surface area (TPSA) is 295 Å². The summed E-state index contributed by atoms with van der Waals surface area (Å²) in [6.45, 7) is 1.30. The molecule has 62 heavy (non-hydrogen) atoms. The number of rotatable bonds is 17. The fourth-order valence-electron chi connectivity index (χ4n) is 5.59. The molecule has 0 saturated carbocycles. The number of likely N-dealkylation sites (N-methyl/N-ethyl adjacent to an activating group) is 2. The number of primary amides is 2. The molecule has 6 atom stereocenters. The molecule has 27 heteroatoms. The Bertz CT molecular complexity index is 1980. The van der Waals surface area contributed by atoms with Gasteiger partial charge in [-0.2, -0.15) is 26.3 Å². The number of aromatic nitrogens is 3. The molecule has 19 nitrogen and oxygen atoms in total. The van der Waals surface area contributed by atoms with Crippen molar-refractivity contribution in [3.8, 4) is 0 Å². The molecule has 3 aromatic rings. The van der Waals surface area contributed by atoms with Gasteiger partial charge in [0.2, 0.25) is 11.8 Å². The predicted octanol–water partition coefficient (Wildman–Crippen LogP) is 2.77. The number of aliphatic carboxylic acids is 2. The molecule has 2 heterocycles. The lowest BCUT2D eigenvalue weighted by Gasteiger charge is -2.41. The summed E-state index contributed by atoms with van der Waals surface area (Å²) in [5.41, 5.74) is 5.72. The number of alkyl halides is 6. The number of ether oxygens (including phenoxy) is 2. The molecule has 0 aliphatic carbocycles. The second-order valence-electron chi connectivity index (χ2n) is 13.2. The van der Waals surface area contributed by atoms with Gasteiger partial charge in [-0.1, -0.05) is 12.1 Å². The smallest absolute Gasteiger partial charge is 0.480 e. The van der Waals surface area contributed by atoms with Gasteiger partial charge in [0.1, 0.15) is 23.7 Å². The van der Waals surface area contributed by atoms with E-state index >= 15 is 0 Å². The van der Waals surface area contributed by atoms with E-state index < -0.39 is 103 Å². The third kappa shape index (κ3) is 16.8. The molecule has 0 bridgehead atoms. The number of hydrogen-bond donors (Lipinski definition) is 8. The molecule has 0 radical (unpaired) electrons. The number of aromatic amines is 1. The molecule has 2 amide bonds. The summed E-state index contributed by atoms with van der Waals surface area (Å²) >= 11 is 0. The molecule has 1 fully saturated rings. The van der Waals surface area contributed by atoms with Gasteiger partial charge in [-0.15, -0.1) is 9.99 Å². The summed E-state index contributed by atoms with van der Waals surface area (Å²) in [4.78, 5) is 66.3. The minimum absolute atomic E-state index is 0.00925.